The maximum atomic E-state index is 11.6. The number of para-hydroxylation sites is 1. The Hall–Kier alpha value is -2.00. The summed E-state index contributed by atoms with van der Waals surface area (Å²) in [4.78, 5) is 11.6. The van der Waals surface area contributed by atoms with Crippen LogP contribution in [0.15, 0.2) is 54.6 Å². The van der Waals surface area contributed by atoms with Crippen molar-refractivity contribution in [3.05, 3.63) is 65.2 Å². The van der Waals surface area contributed by atoms with E-state index in [1.807, 2.05) is 6.07 Å². The first-order chi connectivity index (χ1) is 8.77. The Balaban J connectivity index is 1.86. The molecule has 0 unspecified atom stereocenters. The summed E-state index contributed by atoms with van der Waals surface area (Å²) in [7, 11) is 0. The number of carbonyl (C=O) groups is 1. The summed E-state index contributed by atoms with van der Waals surface area (Å²) in [6, 6.07) is 15.7. The molecule has 0 aromatic heterocycles. The van der Waals surface area contributed by atoms with Crippen LogP contribution in [0.5, 0.6) is 5.75 Å². The molecule has 0 radical (unpaired) electrons. The van der Waals surface area contributed by atoms with E-state index in [4.69, 9.17) is 21.1 Å². The Morgan fingerprint density at radius 3 is 2.39 bits per heavy atom. The van der Waals surface area contributed by atoms with Gasteiger partial charge in [-0.25, -0.2) is 4.79 Å². The van der Waals surface area contributed by atoms with Gasteiger partial charge in [-0.2, -0.15) is 0 Å². The van der Waals surface area contributed by atoms with Gasteiger partial charge in [-0.15, -0.1) is 0 Å². The third-order valence-corrected chi connectivity index (χ3v) is 2.56. The number of hydrogen-bond donors (Lipinski definition) is 0. The van der Waals surface area contributed by atoms with E-state index in [2.05, 4.69) is 0 Å². The number of esters is 1. The van der Waals surface area contributed by atoms with E-state index in [-0.39, 0.29) is 6.79 Å². The number of ether oxygens (including phenoxy) is 2. The molecule has 0 aliphatic heterocycles. The lowest BCUT2D eigenvalue weighted by atomic mass is 10.2. The fourth-order valence-electron chi connectivity index (χ4n) is 1.37. The predicted molar refractivity (Wildman–Crippen MR) is 68.8 cm³/mol. The van der Waals surface area contributed by atoms with Gasteiger partial charge >= 0.3 is 5.97 Å². The first kappa shape index (κ1) is 12.5. The second-order valence-electron chi connectivity index (χ2n) is 3.49. The Bertz CT molecular complexity index is 526. The normalized spacial score (nSPS) is 9.83. The zero-order chi connectivity index (χ0) is 12.8. The Morgan fingerprint density at radius 2 is 1.67 bits per heavy atom. The SMILES string of the molecule is O=C(OCOc1ccccc1Cl)c1ccccc1. The molecule has 2 aromatic carbocycles. The van der Waals surface area contributed by atoms with Gasteiger partial charge in [-0.1, -0.05) is 41.9 Å². The lowest BCUT2D eigenvalue weighted by Crippen LogP contribution is -2.10. The lowest BCUT2D eigenvalue weighted by molar-refractivity contribution is 0.0154. The van der Waals surface area contributed by atoms with Gasteiger partial charge in [0.05, 0.1) is 10.6 Å². The Labute approximate surface area is 110 Å². The number of halogens is 1. The van der Waals surface area contributed by atoms with Crippen molar-refractivity contribution in [3.8, 4) is 5.75 Å². The standard InChI is InChI=1S/C14H11ClO3/c15-12-8-4-5-9-13(12)17-10-18-14(16)11-6-2-1-3-7-11/h1-9H,10H2. The lowest BCUT2D eigenvalue weighted by Gasteiger charge is -2.08. The van der Waals surface area contributed by atoms with E-state index in [9.17, 15) is 4.79 Å². The number of benzene rings is 2. The minimum Gasteiger partial charge on any atom is -0.456 e. The van der Waals surface area contributed by atoms with Crippen LogP contribution in [0.2, 0.25) is 5.02 Å². The van der Waals surface area contributed by atoms with Crippen molar-refractivity contribution in [1.29, 1.82) is 0 Å². The molecule has 4 heteroatoms. The highest BCUT2D eigenvalue weighted by molar-refractivity contribution is 6.32. The maximum absolute atomic E-state index is 11.6. The monoisotopic (exact) mass is 262 g/mol. The van der Waals surface area contributed by atoms with Crippen molar-refractivity contribution in [1.82, 2.24) is 0 Å². The molecular weight excluding hydrogens is 252 g/mol. The molecule has 2 aromatic rings. The zero-order valence-corrected chi connectivity index (χ0v) is 10.3. The predicted octanol–water partition coefficient (Wildman–Crippen LogP) is 3.53. The highest BCUT2D eigenvalue weighted by Gasteiger charge is 2.06. The fraction of sp³-hybridized carbons (Fsp3) is 0.0714. The number of hydrogen-bond acceptors (Lipinski definition) is 3. The van der Waals surface area contributed by atoms with Gasteiger partial charge in [0.2, 0.25) is 6.79 Å². The van der Waals surface area contributed by atoms with Crippen LogP contribution in [-0.4, -0.2) is 12.8 Å². The van der Waals surface area contributed by atoms with E-state index in [1.54, 1.807) is 48.5 Å². The highest BCUT2D eigenvalue weighted by atomic mass is 35.5. The number of rotatable bonds is 4. The van der Waals surface area contributed by atoms with Crippen molar-refractivity contribution in [2.45, 2.75) is 0 Å². The average molecular weight is 263 g/mol. The molecule has 0 saturated heterocycles. The van der Waals surface area contributed by atoms with E-state index in [0.29, 0.717) is 16.3 Å². The Morgan fingerprint density at radius 1 is 1.00 bits per heavy atom. The summed E-state index contributed by atoms with van der Waals surface area (Å²) in [6.07, 6.45) is 0. The molecule has 92 valence electrons. The van der Waals surface area contributed by atoms with Crippen molar-refractivity contribution in [3.63, 3.8) is 0 Å². The molecule has 0 N–H and O–H groups in total. The van der Waals surface area contributed by atoms with Crippen LogP contribution in [0.4, 0.5) is 0 Å². The third kappa shape index (κ3) is 3.25. The minimum absolute atomic E-state index is 0.169. The van der Waals surface area contributed by atoms with Crippen LogP contribution < -0.4 is 4.74 Å². The van der Waals surface area contributed by atoms with Crippen molar-refractivity contribution in [2.24, 2.45) is 0 Å². The summed E-state index contributed by atoms with van der Waals surface area (Å²) in [5.74, 6) is 0.0580. The van der Waals surface area contributed by atoms with E-state index in [1.165, 1.54) is 0 Å². The van der Waals surface area contributed by atoms with Gasteiger partial charge in [0.1, 0.15) is 5.75 Å². The summed E-state index contributed by atoms with van der Waals surface area (Å²) in [5, 5.41) is 0.480. The minimum atomic E-state index is -0.428. The van der Waals surface area contributed by atoms with E-state index < -0.39 is 5.97 Å². The molecule has 0 atom stereocenters. The van der Waals surface area contributed by atoms with Crippen molar-refractivity contribution >= 4 is 17.6 Å². The van der Waals surface area contributed by atoms with Gasteiger partial charge in [-0.3, -0.25) is 0 Å². The summed E-state index contributed by atoms with van der Waals surface area (Å²) < 4.78 is 10.2. The summed E-state index contributed by atoms with van der Waals surface area (Å²) in [6.45, 7) is -0.169. The topological polar surface area (TPSA) is 35.5 Å². The van der Waals surface area contributed by atoms with Gasteiger partial charge in [0, 0.05) is 0 Å². The Kier molecular flexibility index (Phi) is 4.20. The molecule has 0 spiro atoms. The molecule has 0 heterocycles. The van der Waals surface area contributed by atoms with Gasteiger partial charge in [0.25, 0.3) is 0 Å². The van der Waals surface area contributed by atoms with Crippen LogP contribution >= 0.6 is 11.6 Å². The third-order valence-electron chi connectivity index (χ3n) is 2.25. The second-order valence-corrected chi connectivity index (χ2v) is 3.90. The smallest absolute Gasteiger partial charge is 0.340 e. The van der Waals surface area contributed by atoms with Crippen LogP contribution in [0, 0.1) is 0 Å². The molecule has 0 aliphatic carbocycles. The summed E-state index contributed by atoms with van der Waals surface area (Å²) in [5.41, 5.74) is 0.486. The van der Waals surface area contributed by atoms with Gasteiger partial charge < -0.3 is 9.47 Å². The largest absolute Gasteiger partial charge is 0.456 e. The average Bonchev–Trinajstić information content (AvgIpc) is 2.42. The fourth-order valence-corrected chi connectivity index (χ4v) is 1.56. The zero-order valence-electron chi connectivity index (χ0n) is 9.51. The van der Waals surface area contributed by atoms with Crippen LogP contribution in [0.3, 0.4) is 0 Å². The van der Waals surface area contributed by atoms with Crippen molar-refractivity contribution < 1.29 is 14.3 Å². The molecule has 0 amide bonds. The van der Waals surface area contributed by atoms with Gasteiger partial charge in [-0.05, 0) is 24.3 Å². The maximum Gasteiger partial charge on any atom is 0.340 e. The molecule has 0 aliphatic rings. The van der Waals surface area contributed by atoms with Crippen LogP contribution in [0.25, 0.3) is 0 Å². The highest BCUT2D eigenvalue weighted by Crippen LogP contribution is 2.22. The van der Waals surface area contributed by atoms with Crippen LogP contribution in [-0.2, 0) is 4.74 Å². The molecule has 18 heavy (non-hydrogen) atoms. The molecule has 0 saturated carbocycles. The summed E-state index contributed by atoms with van der Waals surface area (Å²) >= 11 is 5.89. The molecule has 0 fully saturated rings. The number of carbonyl (C=O) groups excluding carboxylic acids is 1. The first-order valence-corrected chi connectivity index (χ1v) is 5.74. The quantitative estimate of drug-likeness (QED) is 0.625. The first-order valence-electron chi connectivity index (χ1n) is 5.37. The van der Waals surface area contributed by atoms with E-state index >= 15 is 0 Å². The van der Waals surface area contributed by atoms with E-state index in [0.717, 1.165) is 0 Å². The van der Waals surface area contributed by atoms with Gasteiger partial charge in [0.15, 0.2) is 0 Å². The van der Waals surface area contributed by atoms with Crippen molar-refractivity contribution in [2.75, 3.05) is 6.79 Å². The molecular formula is C14H11ClO3. The molecule has 2 rings (SSSR count). The second kappa shape index (κ2) is 6.07. The molecule has 0 bridgehead atoms. The van der Waals surface area contributed by atoms with Crippen LogP contribution in [0.1, 0.15) is 10.4 Å². The molecule has 3 nitrogen and oxygen atoms in total.